The highest BCUT2D eigenvalue weighted by atomic mass is 19.2. The molecule has 0 bridgehead atoms. The van der Waals surface area contributed by atoms with Gasteiger partial charge < -0.3 is 18.9 Å². The quantitative estimate of drug-likeness (QED) is 0.125. The first-order chi connectivity index (χ1) is 27.2. The third-order valence-corrected chi connectivity index (χ3v) is 10.1. The van der Waals surface area contributed by atoms with Crippen molar-refractivity contribution in [3.63, 3.8) is 0 Å². The van der Waals surface area contributed by atoms with Crippen LogP contribution >= 0.6 is 0 Å². The van der Waals surface area contributed by atoms with E-state index in [0.29, 0.717) is 89.1 Å². The van der Waals surface area contributed by atoms with Crippen LogP contribution in [0.25, 0.3) is 54.9 Å². The molecule has 1 aliphatic heterocycles. The van der Waals surface area contributed by atoms with E-state index in [1.807, 2.05) is 67.6 Å². The lowest BCUT2D eigenvalue weighted by molar-refractivity contribution is 0.00206. The molecule has 6 aromatic carbocycles. The second-order valence-electron chi connectivity index (χ2n) is 13.6. The fourth-order valence-electron chi connectivity index (χ4n) is 7.46. The van der Waals surface area contributed by atoms with Crippen molar-refractivity contribution in [1.82, 2.24) is 4.90 Å². The largest absolute Gasteiger partial charge is 0.378 e. The van der Waals surface area contributed by atoms with Crippen molar-refractivity contribution >= 4 is 21.5 Å². The minimum absolute atomic E-state index is 0.129. The van der Waals surface area contributed by atoms with E-state index in [1.54, 1.807) is 0 Å². The van der Waals surface area contributed by atoms with Gasteiger partial charge >= 0.3 is 0 Å². The van der Waals surface area contributed by atoms with Crippen molar-refractivity contribution < 1.29 is 45.3 Å². The zero-order valence-corrected chi connectivity index (χ0v) is 30.9. The van der Waals surface area contributed by atoms with Gasteiger partial charge in [0.15, 0.2) is 34.9 Å². The van der Waals surface area contributed by atoms with Gasteiger partial charge in [-0.25, -0.2) is 26.3 Å². The van der Waals surface area contributed by atoms with E-state index in [4.69, 9.17) is 18.9 Å². The number of halogens is 6. The van der Waals surface area contributed by atoms with Crippen LogP contribution in [-0.4, -0.2) is 70.8 Å². The van der Waals surface area contributed by atoms with Crippen LogP contribution in [0.1, 0.15) is 18.1 Å². The monoisotopic (exact) mass is 773 g/mol. The van der Waals surface area contributed by atoms with Gasteiger partial charge in [-0.3, -0.25) is 4.90 Å². The van der Waals surface area contributed by atoms with E-state index < -0.39 is 34.9 Å². The maximum absolute atomic E-state index is 15.1. The molecule has 0 spiro atoms. The van der Waals surface area contributed by atoms with Gasteiger partial charge in [0.05, 0.1) is 52.9 Å². The Morgan fingerprint density at radius 2 is 0.857 bits per heavy atom. The molecule has 5 nitrogen and oxygen atoms in total. The Kier molecular flexibility index (Phi) is 12.7. The predicted molar refractivity (Wildman–Crippen MR) is 205 cm³/mol. The van der Waals surface area contributed by atoms with E-state index in [1.165, 1.54) is 0 Å². The molecule has 1 saturated heterocycles. The fourth-order valence-corrected chi connectivity index (χ4v) is 7.46. The van der Waals surface area contributed by atoms with Crippen LogP contribution < -0.4 is 0 Å². The molecule has 0 aromatic heterocycles. The van der Waals surface area contributed by atoms with Gasteiger partial charge in [0.2, 0.25) is 0 Å². The van der Waals surface area contributed by atoms with Crippen LogP contribution in [-0.2, 0) is 31.9 Å². The van der Waals surface area contributed by atoms with E-state index in [0.717, 1.165) is 62.5 Å². The number of rotatable bonds is 6. The highest BCUT2D eigenvalue weighted by Crippen LogP contribution is 2.47. The zero-order chi connectivity index (χ0) is 39.2. The van der Waals surface area contributed by atoms with Gasteiger partial charge in [0.25, 0.3) is 0 Å². The Morgan fingerprint density at radius 1 is 0.482 bits per heavy atom. The normalized spacial score (nSPS) is 15.6. The summed E-state index contributed by atoms with van der Waals surface area (Å²) in [6, 6.07) is 22.8. The van der Waals surface area contributed by atoms with Crippen LogP contribution in [0.4, 0.5) is 26.3 Å². The van der Waals surface area contributed by atoms with E-state index in [-0.39, 0.29) is 17.7 Å². The van der Waals surface area contributed by atoms with Crippen molar-refractivity contribution in [2.75, 3.05) is 65.9 Å². The van der Waals surface area contributed by atoms with Crippen molar-refractivity contribution in [2.45, 2.75) is 19.9 Å². The van der Waals surface area contributed by atoms with E-state index in [9.17, 15) is 17.6 Å². The van der Waals surface area contributed by atoms with Crippen molar-refractivity contribution in [3.05, 3.63) is 131 Å². The zero-order valence-electron chi connectivity index (χ0n) is 30.9. The van der Waals surface area contributed by atoms with Gasteiger partial charge in [-0.1, -0.05) is 55.5 Å². The molecule has 0 unspecified atom stereocenters. The first-order valence-corrected chi connectivity index (χ1v) is 18.7. The smallest absolute Gasteiger partial charge is 0.194 e. The minimum atomic E-state index is -1.57. The van der Waals surface area contributed by atoms with Crippen molar-refractivity contribution in [1.29, 1.82) is 0 Å². The average molecular weight is 774 g/mol. The summed E-state index contributed by atoms with van der Waals surface area (Å²) in [5.74, 6) is -8.43. The van der Waals surface area contributed by atoms with Crippen LogP contribution in [0.5, 0.6) is 0 Å². The Balaban J connectivity index is 1.51. The molecule has 0 saturated carbocycles. The van der Waals surface area contributed by atoms with Crippen molar-refractivity contribution in [3.8, 4) is 33.4 Å². The summed E-state index contributed by atoms with van der Waals surface area (Å²) in [6.07, 6.45) is 0.392. The van der Waals surface area contributed by atoms with E-state index in [2.05, 4.69) is 4.90 Å². The Hall–Kier alpha value is -4.78. The highest BCUT2D eigenvalue weighted by molar-refractivity contribution is 6.11. The Bertz CT molecular complexity index is 2290. The van der Waals surface area contributed by atoms with Gasteiger partial charge in [0, 0.05) is 19.6 Å². The second-order valence-corrected chi connectivity index (χ2v) is 13.6. The summed E-state index contributed by atoms with van der Waals surface area (Å²) < 4.78 is 112. The Morgan fingerprint density at radius 3 is 1.29 bits per heavy atom. The van der Waals surface area contributed by atoms with Gasteiger partial charge in [0.1, 0.15) is 0 Å². The summed E-state index contributed by atoms with van der Waals surface area (Å²) in [6.45, 7) is 6.16. The molecule has 6 aromatic rings. The molecule has 0 amide bonds. The highest BCUT2D eigenvalue weighted by Gasteiger charge is 2.26. The third-order valence-electron chi connectivity index (χ3n) is 10.1. The lowest BCUT2D eigenvalue weighted by Gasteiger charge is -2.28. The lowest BCUT2D eigenvalue weighted by atomic mass is 9.80. The fraction of sp³-hybridized carbons (Fsp3) is 0.289. The molecule has 0 N–H and O–H groups in total. The SMILES string of the molecule is CCc1c(-c2cc(F)c(F)c(F)c2)cc2ccccc2c1-c1c(CN2CCOCCOCCOCCOCC2)c(-c2cc(F)c(F)c(F)c2)cc2ccccc12. The minimum Gasteiger partial charge on any atom is -0.378 e. The number of hydrogen-bond acceptors (Lipinski definition) is 5. The molecular weight excluding hydrogens is 732 g/mol. The van der Waals surface area contributed by atoms with Gasteiger partial charge in [-0.15, -0.1) is 0 Å². The predicted octanol–water partition coefficient (Wildman–Crippen LogP) is 10.3. The first-order valence-electron chi connectivity index (χ1n) is 18.7. The van der Waals surface area contributed by atoms with Crippen LogP contribution in [0.15, 0.2) is 84.9 Å². The van der Waals surface area contributed by atoms with Crippen molar-refractivity contribution in [2.24, 2.45) is 0 Å². The summed E-state index contributed by atoms with van der Waals surface area (Å²) in [5, 5.41) is 3.12. The topological polar surface area (TPSA) is 40.2 Å². The Labute approximate surface area is 321 Å². The molecular formula is C45H41F6NO4. The molecule has 0 aliphatic carbocycles. The summed E-state index contributed by atoms with van der Waals surface area (Å²) in [4.78, 5) is 2.12. The van der Waals surface area contributed by atoms with Gasteiger partial charge in [-0.05, 0) is 109 Å². The number of fused-ring (bicyclic) bond motifs is 2. The average Bonchev–Trinajstić information content (AvgIpc) is 3.21. The van der Waals surface area contributed by atoms with Gasteiger partial charge in [-0.2, -0.15) is 0 Å². The second kappa shape index (κ2) is 18.0. The number of nitrogens with zero attached hydrogens (tertiary/aromatic N) is 1. The standard InChI is InChI=1S/C45H41F6NO4/c1-2-32-35(30-23-38(46)44(50)39(47)24-30)21-28-7-3-5-9-33(28)42(32)43-34-10-6-4-8-29(34)22-36(31-25-40(48)45(51)41(49)26-31)37(43)27-52-11-13-53-15-17-55-19-20-56-18-16-54-14-12-52/h3-10,21-26H,2,11-20,27H2,1H3. The molecule has 11 heteroatoms. The van der Waals surface area contributed by atoms with E-state index >= 15 is 8.78 Å². The van der Waals surface area contributed by atoms with Crippen LogP contribution in [0, 0.1) is 34.9 Å². The third kappa shape index (κ3) is 8.47. The molecule has 1 fully saturated rings. The summed E-state index contributed by atoms with van der Waals surface area (Å²) >= 11 is 0. The molecule has 292 valence electrons. The maximum atomic E-state index is 15.1. The van der Waals surface area contributed by atoms with Crippen LogP contribution in [0.3, 0.4) is 0 Å². The molecule has 1 heterocycles. The number of hydrogen-bond donors (Lipinski definition) is 0. The molecule has 0 radical (unpaired) electrons. The lowest BCUT2D eigenvalue weighted by Crippen LogP contribution is -2.31. The number of ether oxygens (including phenoxy) is 4. The number of benzene rings is 6. The van der Waals surface area contributed by atoms with Crippen LogP contribution in [0.2, 0.25) is 0 Å². The maximum Gasteiger partial charge on any atom is 0.194 e. The molecule has 0 atom stereocenters. The summed E-state index contributed by atoms with van der Waals surface area (Å²) in [7, 11) is 0. The first kappa shape index (κ1) is 39.5. The molecule has 1 aliphatic rings. The molecule has 7 rings (SSSR count). The summed E-state index contributed by atoms with van der Waals surface area (Å²) in [5.41, 5.74) is 4.10. The molecule has 56 heavy (non-hydrogen) atoms.